The first kappa shape index (κ1) is 18.2. The normalized spacial score (nSPS) is 10.8. The van der Waals surface area contributed by atoms with Gasteiger partial charge >= 0.3 is 0 Å². The van der Waals surface area contributed by atoms with Crippen molar-refractivity contribution in [2.45, 2.75) is 0 Å². The summed E-state index contributed by atoms with van der Waals surface area (Å²) in [5, 5.41) is 11.5. The molecule has 0 aromatic heterocycles. The molecule has 0 atom stereocenters. The molecule has 3 aromatic carbocycles. The van der Waals surface area contributed by atoms with Crippen LogP contribution in [0.15, 0.2) is 90.0 Å². The molecule has 130 valence electrons. The van der Waals surface area contributed by atoms with Crippen LogP contribution in [0.1, 0.15) is 5.56 Å². The highest BCUT2D eigenvalue weighted by Crippen LogP contribution is 2.33. The highest BCUT2D eigenvalue weighted by atomic mass is 32.1. The Kier molecular flexibility index (Phi) is 6.48. The van der Waals surface area contributed by atoms with Crippen molar-refractivity contribution in [1.29, 1.82) is 0 Å². The second-order valence-electron chi connectivity index (χ2n) is 5.51. The summed E-state index contributed by atoms with van der Waals surface area (Å²) in [4.78, 5) is 0. The molecule has 5 heteroatoms. The lowest BCUT2D eigenvalue weighted by atomic mass is 10.2. The number of hydrogen-bond acceptors (Lipinski definition) is 2. The van der Waals surface area contributed by atoms with Crippen molar-refractivity contribution in [3.8, 4) is 0 Å². The van der Waals surface area contributed by atoms with Crippen molar-refractivity contribution >= 4 is 47.4 Å². The van der Waals surface area contributed by atoms with E-state index in [4.69, 9.17) is 12.2 Å². The van der Waals surface area contributed by atoms with Gasteiger partial charge < -0.3 is 5.32 Å². The summed E-state index contributed by atoms with van der Waals surface area (Å²) in [6.07, 6.45) is 1.83. The Labute approximate surface area is 160 Å². The molecule has 0 heterocycles. The van der Waals surface area contributed by atoms with Crippen LogP contribution in [0.2, 0.25) is 0 Å². The van der Waals surface area contributed by atoms with E-state index >= 15 is 0 Å². The van der Waals surface area contributed by atoms with E-state index in [0.29, 0.717) is 5.11 Å². The standard InChI is InChI=1S/C21H20N3PS/c1-22-21(26)24-23-16-17-10-8-9-15-20(17)25(18-11-4-2-5-12-18)19-13-6-3-7-14-19/h2-16H,1H3,(H2,22,24,26)/b23-16+. The molecule has 0 bridgehead atoms. The van der Waals surface area contributed by atoms with E-state index < -0.39 is 7.92 Å². The highest BCUT2D eigenvalue weighted by Gasteiger charge is 2.18. The number of nitrogens with zero attached hydrogens (tertiary/aromatic N) is 1. The molecule has 0 aliphatic carbocycles. The van der Waals surface area contributed by atoms with Gasteiger partial charge in [-0.05, 0) is 36.1 Å². The topological polar surface area (TPSA) is 36.4 Å². The number of rotatable bonds is 5. The summed E-state index contributed by atoms with van der Waals surface area (Å²) in [5.41, 5.74) is 3.90. The van der Waals surface area contributed by atoms with Gasteiger partial charge in [0.1, 0.15) is 0 Å². The van der Waals surface area contributed by atoms with Crippen LogP contribution in [-0.4, -0.2) is 18.4 Å². The van der Waals surface area contributed by atoms with Crippen molar-refractivity contribution in [1.82, 2.24) is 10.7 Å². The Balaban J connectivity index is 2.04. The Morgan fingerprint density at radius 3 is 1.96 bits per heavy atom. The van der Waals surface area contributed by atoms with Crippen molar-refractivity contribution in [3.63, 3.8) is 0 Å². The summed E-state index contributed by atoms with van der Waals surface area (Å²) >= 11 is 5.08. The number of thiocarbonyl (C=S) groups is 1. The fourth-order valence-corrected chi connectivity index (χ4v) is 5.07. The van der Waals surface area contributed by atoms with Crippen molar-refractivity contribution in [2.24, 2.45) is 5.10 Å². The SMILES string of the molecule is CNC(=S)N/N=C/c1ccccc1P(c1ccccc1)c1ccccc1. The Morgan fingerprint density at radius 1 is 0.846 bits per heavy atom. The largest absolute Gasteiger partial charge is 0.364 e. The summed E-state index contributed by atoms with van der Waals surface area (Å²) in [6.45, 7) is 0. The maximum absolute atomic E-state index is 5.08. The van der Waals surface area contributed by atoms with Gasteiger partial charge in [0, 0.05) is 12.6 Å². The first-order valence-electron chi connectivity index (χ1n) is 8.29. The lowest BCUT2D eigenvalue weighted by Gasteiger charge is -2.21. The number of nitrogens with one attached hydrogen (secondary N) is 2. The smallest absolute Gasteiger partial charge is 0.186 e. The number of hydrogen-bond donors (Lipinski definition) is 2. The number of hydrazone groups is 1. The minimum absolute atomic E-state index is 0.493. The second kappa shape index (κ2) is 9.23. The van der Waals surface area contributed by atoms with Gasteiger partial charge in [-0.3, -0.25) is 5.43 Å². The predicted octanol–water partition coefficient (Wildman–Crippen LogP) is 2.87. The van der Waals surface area contributed by atoms with Crippen molar-refractivity contribution in [3.05, 3.63) is 90.5 Å². The Bertz CT molecular complexity index is 843. The Morgan fingerprint density at radius 2 is 1.38 bits per heavy atom. The van der Waals surface area contributed by atoms with Gasteiger partial charge in [-0.2, -0.15) is 5.10 Å². The molecule has 26 heavy (non-hydrogen) atoms. The number of benzene rings is 3. The van der Waals surface area contributed by atoms with Gasteiger partial charge in [0.15, 0.2) is 5.11 Å². The maximum atomic E-state index is 5.08. The molecule has 0 saturated heterocycles. The molecule has 0 aliphatic rings. The van der Waals surface area contributed by atoms with E-state index in [0.717, 1.165) is 5.56 Å². The van der Waals surface area contributed by atoms with Crippen molar-refractivity contribution in [2.75, 3.05) is 7.05 Å². The molecule has 3 aromatic rings. The monoisotopic (exact) mass is 377 g/mol. The molecule has 0 radical (unpaired) electrons. The van der Waals surface area contributed by atoms with Crippen LogP contribution in [0.25, 0.3) is 0 Å². The van der Waals surface area contributed by atoms with Crippen molar-refractivity contribution < 1.29 is 0 Å². The molecule has 0 unspecified atom stereocenters. The summed E-state index contributed by atoms with van der Waals surface area (Å²) in [6, 6.07) is 29.7. The zero-order valence-electron chi connectivity index (χ0n) is 14.5. The zero-order chi connectivity index (χ0) is 18.2. The average molecular weight is 377 g/mol. The van der Waals surface area contributed by atoms with Gasteiger partial charge in [0.2, 0.25) is 0 Å². The van der Waals surface area contributed by atoms with E-state index in [1.54, 1.807) is 7.05 Å². The molecule has 0 aliphatic heterocycles. The molecule has 2 N–H and O–H groups in total. The molecule has 0 amide bonds. The molecule has 3 rings (SSSR count). The first-order valence-corrected chi connectivity index (χ1v) is 10.0. The fourth-order valence-electron chi connectivity index (χ4n) is 2.60. The quantitative estimate of drug-likeness (QED) is 0.311. The van der Waals surface area contributed by atoms with Gasteiger partial charge in [0.05, 0.1) is 6.21 Å². The van der Waals surface area contributed by atoms with Gasteiger partial charge in [0.25, 0.3) is 0 Å². The fraction of sp³-hybridized carbons (Fsp3) is 0.0476. The van der Waals surface area contributed by atoms with E-state index in [9.17, 15) is 0 Å². The van der Waals surface area contributed by atoms with Gasteiger partial charge in [-0.15, -0.1) is 0 Å². The van der Waals surface area contributed by atoms with Gasteiger partial charge in [-0.1, -0.05) is 84.9 Å². The summed E-state index contributed by atoms with van der Waals surface area (Å²) in [7, 11) is 1.10. The molecular weight excluding hydrogens is 357 g/mol. The molecule has 3 nitrogen and oxygen atoms in total. The minimum atomic E-state index is -0.670. The van der Waals surface area contributed by atoms with E-state index in [1.165, 1.54) is 15.9 Å². The first-order chi connectivity index (χ1) is 12.8. The lowest BCUT2D eigenvalue weighted by Crippen LogP contribution is -2.29. The van der Waals surface area contributed by atoms with Crippen LogP contribution in [-0.2, 0) is 0 Å². The van der Waals surface area contributed by atoms with Crippen LogP contribution in [0.4, 0.5) is 0 Å². The highest BCUT2D eigenvalue weighted by molar-refractivity contribution is 7.80. The maximum Gasteiger partial charge on any atom is 0.186 e. The molecular formula is C21H20N3PS. The van der Waals surface area contributed by atoms with Crippen LogP contribution in [0.3, 0.4) is 0 Å². The average Bonchev–Trinajstić information content (AvgIpc) is 2.71. The molecule has 0 fully saturated rings. The van der Waals surface area contributed by atoms with E-state index in [2.05, 4.69) is 94.7 Å². The van der Waals surface area contributed by atoms with Gasteiger partial charge in [-0.25, -0.2) is 0 Å². The minimum Gasteiger partial charge on any atom is -0.364 e. The third-order valence-electron chi connectivity index (χ3n) is 3.80. The van der Waals surface area contributed by atoms with E-state index in [-0.39, 0.29) is 0 Å². The van der Waals surface area contributed by atoms with Crippen LogP contribution in [0, 0.1) is 0 Å². The summed E-state index contributed by atoms with van der Waals surface area (Å²) in [5.74, 6) is 0. The molecule has 0 saturated carbocycles. The third-order valence-corrected chi connectivity index (χ3v) is 6.62. The lowest BCUT2D eigenvalue weighted by molar-refractivity contribution is 0.982. The Hall–Kier alpha value is -2.55. The van der Waals surface area contributed by atoms with Crippen LogP contribution in [0.5, 0.6) is 0 Å². The third kappa shape index (κ3) is 4.54. The summed E-state index contributed by atoms with van der Waals surface area (Å²) < 4.78 is 0. The zero-order valence-corrected chi connectivity index (χ0v) is 16.2. The van der Waals surface area contributed by atoms with Crippen LogP contribution < -0.4 is 26.7 Å². The second-order valence-corrected chi connectivity index (χ2v) is 8.11. The molecule has 0 spiro atoms. The predicted molar refractivity (Wildman–Crippen MR) is 118 cm³/mol. The van der Waals surface area contributed by atoms with Crippen LogP contribution >= 0.6 is 20.1 Å². The van der Waals surface area contributed by atoms with E-state index in [1.807, 2.05) is 12.3 Å².